The fraction of sp³-hybridized carbons (Fsp3) is 0.529. The van der Waals surface area contributed by atoms with Gasteiger partial charge in [0.2, 0.25) is 5.91 Å². The monoisotopic (exact) mass is 273 g/mol. The van der Waals surface area contributed by atoms with Gasteiger partial charge in [-0.25, -0.2) is 0 Å². The molecule has 1 aliphatic rings. The van der Waals surface area contributed by atoms with Gasteiger partial charge < -0.3 is 5.32 Å². The van der Waals surface area contributed by atoms with Crippen LogP contribution < -0.4 is 5.32 Å². The van der Waals surface area contributed by atoms with Crippen molar-refractivity contribution in [3.8, 4) is 0 Å². The maximum absolute atomic E-state index is 12.3. The van der Waals surface area contributed by atoms with Gasteiger partial charge in [-0.15, -0.1) is 0 Å². The molecule has 1 aromatic carbocycles. The lowest BCUT2D eigenvalue weighted by Gasteiger charge is -2.19. The van der Waals surface area contributed by atoms with Crippen LogP contribution in [0.4, 0.5) is 5.69 Å². The number of hydrogen-bond acceptors (Lipinski definition) is 2. The van der Waals surface area contributed by atoms with Crippen molar-refractivity contribution in [2.24, 2.45) is 11.8 Å². The third-order valence-electron chi connectivity index (χ3n) is 4.42. The van der Waals surface area contributed by atoms with E-state index in [4.69, 9.17) is 0 Å². The molecule has 0 aromatic heterocycles. The number of rotatable bonds is 4. The number of nitrogens with one attached hydrogen (secondary N) is 1. The highest BCUT2D eigenvalue weighted by atomic mass is 16.2. The lowest BCUT2D eigenvalue weighted by molar-refractivity contribution is -0.120. The minimum Gasteiger partial charge on any atom is -0.326 e. The molecule has 1 amide bonds. The SMILES string of the molecule is CC(=O)c1ccc(C)c(NC(=O)C(C)C2CCCC2)c1. The topological polar surface area (TPSA) is 46.2 Å². The van der Waals surface area contributed by atoms with Gasteiger partial charge in [-0.3, -0.25) is 9.59 Å². The first-order valence-electron chi connectivity index (χ1n) is 7.41. The summed E-state index contributed by atoms with van der Waals surface area (Å²) in [4.78, 5) is 23.8. The van der Waals surface area contributed by atoms with Crippen LogP contribution >= 0.6 is 0 Å². The third-order valence-corrected chi connectivity index (χ3v) is 4.42. The molecule has 3 heteroatoms. The molecule has 0 heterocycles. The average Bonchev–Trinajstić information content (AvgIpc) is 2.94. The summed E-state index contributed by atoms with van der Waals surface area (Å²) in [5.41, 5.74) is 2.38. The molecule has 0 radical (unpaired) electrons. The largest absolute Gasteiger partial charge is 0.326 e. The summed E-state index contributed by atoms with van der Waals surface area (Å²) >= 11 is 0. The molecule has 0 saturated heterocycles. The molecule has 108 valence electrons. The summed E-state index contributed by atoms with van der Waals surface area (Å²) < 4.78 is 0. The quantitative estimate of drug-likeness (QED) is 0.844. The standard InChI is InChI=1S/C17H23NO2/c1-11-8-9-15(13(3)19)10-16(11)18-17(20)12(2)14-6-4-5-7-14/h8-10,12,14H,4-7H2,1-3H3,(H,18,20). The molecule has 1 N–H and O–H groups in total. The Hall–Kier alpha value is -1.64. The van der Waals surface area contributed by atoms with Crippen molar-refractivity contribution in [1.82, 2.24) is 0 Å². The highest BCUT2D eigenvalue weighted by Crippen LogP contribution is 2.32. The van der Waals surface area contributed by atoms with Crippen LogP contribution in [-0.2, 0) is 4.79 Å². The number of amides is 1. The Morgan fingerprint density at radius 2 is 1.90 bits per heavy atom. The maximum atomic E-state index is 12.3. The smallest absolute Gasteiger partial charge is 0.227 e. The molecule has 1 aliphatic carbocycles. The number of hydrogen-bond donors (Lipinski definition) is 1. The lowest BCUT2D eigenvalue weighted by Crippen LogP contribution is -2.26. The molecule has 1 saturated carbocycles. The van der Waals surface area contributed by atoms with Gasteiger partial charge in [0.1, 0.15) is 0 Å². The van der Waals surface area contributed by atoms with E-state index in [1.54, 1.807) is 12.1 Å². The Morgan fingerprint density at radius 3 is 2.50 bits per heavy atom. The Labute approximate surface area is 120 Å². The molecule has 3 nitrogen and oxygen atoms in total. The Balaban J connectivity index is 2.10. The molecule has 1 unspecified atom stereocenters. The summed E-state index contributed by atoms with van der Waals surface area (Å²) in [6, 6.07) is 5.46. The van der Waals surface area contributed by atoms with E-state index in [2.05, 4.69) is 5.32 Å². The van der Waals surface area contributed by atoms with Crippen LogP contribution in [0.2, 0.25) is 0 Å². The van der Waals surface area contributed by atoms with E-state index >= 15 is 0 Å². The third kappa shape index (κ3) is 3.27. The molecule has 20 heavy (non-hydrogen) atoms. The number of anilines is 1. The van der Waals surface area contributed by atoms with Crippen molar-refractivity contribution >= 4 is 17.4 Å². The van der Waals surface area contributed by atoms with E-state index in [1.807, 2.05) is 19.9 Å². The second kappa shape index (κ2) is 6.21. The Bertz CT molecular complexity index is 516. The summed E-state index contributed by atoms with van der Waals surface area (Å²) in [6.07, 6.45) is 4.78. The molecule has 0 aliphatic heterocycles. The Morgan fingerprint density at radius 1 is 1.25 bits per heavy atom. The van der Waals surface area contributed by atoms with E-state index in [-0.39, 0.29) is 17.6 Å². The predicted molar refractivity (Wildman–Crippen MR) is 80.9 cm³/mol. The van der Waals surface area contributed by atoms with Gasteiger partial charge in [0, 0.05) is 17.2 Å². The second-order valence-corrected chi connectivity index (χ2v) is 5.91. The Kier molecular flexibility index (Phi) is 4.58. The van der Waals surface area contributed by atoms with Gasteiger partial charge in [0.05, 0.1) is 0 Å². The molecule has 0 bridgehead atoms. The maximum Gasteiger partial charge on any atom is 0.227 e. The average molecular weight is 273 g/mol. The summed E-state index contributed by atoms with van der Waals surface area (Å²) in [7, 11) is 0. The van der Waals surface area contributed by atoms with Crippen molar-refractivity contribution in [3.05, 3.63) is 29.3 Å². The molecule has 1 atom stereocenters. The van der Waals surface area contributed by atoms with Gasteiger partial charge in [-0.05, 0) is 44.2 Å². The van der Waals surface area contributed by atoms with Gasteiger partial charge in [0.15, 0.2) is 5.78 Å². The molecule has 0 spiro atoms. The van der Waals surface area contributed by atoms with Gasteiger partial charge in [-0.1, -0.05) is 31.9 Å². The van der Waals surface area contributed by atoms with Crippen LogP contribution in [0.15, 0.2) is 18.2 Å². The molecule has 2 rings (SSSR count). The van der Waals surface area contributed by atoms with E-state index in [1.165, 1.54) is 19.8 Å². The summed E-state index contributed by atoms with van der Waals surface area (Å²) in [5, 5.41) is 2.99. The highest BCUT2D eigenvalue weighted by Gasteiger charge is 2.27. The zero-order valence-corrected chi connectivity index (χ0v) is 12.5. The molecular formula is C17H23NO2. The second-order valence-electron chi connectivity index (χ2n) is 5.91. The van der Waals surface area contributed by atoms with Gasteiger partial charge in [-0.2, -0.15) is 0 Å². The fourth-order valence-electron chi connectivity index (χ4n) is 2.89. The van der Waals surface area contributed by atoms with Gasteiger partial charge >= 0.3 is 0 Å². The first-order chi connectivity index (χ1) is 9.49. The number of ketones is 1. The van der Waals surface area contributed by atoms with E-state index in [9.17, 15) is 9.59 Å². The lowest BCUT2D eigenvalue weighted by atomic mass is 9.91. The summed E-state index contributed by atoms with van der Waals surface area (Å²) in [6.45, 7) is 5.49. The van der Waals surface area contributed by atoms with Crippen LogP contribution in [0, 0.1) is 18.8 Å². The van der Waals surface area contributed by atoms with Crippen LogP contribution in [0.1, 0.15) is 55.5 Å². The zero-order chi connectivity index (χ0) is 14.7. The van der Waals surface area contributed by atoms with E-state index in [0.717, 1.165) is 24.1 Å². The van der Waals surface area contributed by atoms with E-state index in [0.29, 0.717) is 11.5 Å². The van der Waals surface area contributed by atoms with Crippen molar-refractivity contribution in [1.29, 1.82) is 0 Å². The minimum absolute atomic E-state index is 0.0179. The first kappa shape index (κ1) is 14.8. The van der Waals surface area contributed by atoms with Crippen LogP contribution in [0.3, 0.4) is 0 Å². The highest BCUT2D eigenvalue weighted by molar-refractivity contribution is 5.98. The zero-order valence-electron chi connectivity index (χ0n) is 12.5. The first-order valence-corrected chi connectivity index (χ1v) is 7.41. The molecular weight excluding hydrogens is 250 g/mol. The normalized spacial score (nSPS) is 16.9. The predicted octanol–water partition coefficient (Wildman–Crippen LogP) is 3.96. The summed E-state index contributed by atoms with van der Waals surface area (Å²) in [5.74, 6) is 0.634. The van der Waals surface area contributed by atoms with Crippen molar-refractivity contribution < 1.29 is 9.59 Å². The minimum atomic E-state index is 0.0179. The molecule has 1 fully saturated rings. The van der Waals surface area contributed by atoms with Crippen LogP contribution in [-0.4, -0.2) is 11.7 Å². The number of Topliss-reactive ketones (excluding diaryl/α,β-unsaturated/α-hetero) is 1. The van der Waals surface area contributed by atoms with Crippen molar-refractivity contribution in [2.75, 3.05) is 5.32 Å². The van der Waals surface area contributed by atoms with Crippen LogP contribution in [0.5, 0.6) is 0 Å². The fourth-order valence-corrected chi connectivity index (χ4v) is 2.89. The van der Waals surface area contributed by atoms with Crippen molar-refractivity contribution in [3.63, 3.8) is 0 Å². The van der Waals surface area contributed by atoms with Crippen LogP contribution in [0.25, 0.3) is 0 Å². The number of carbonyl (C=O) groups excluding carboxylic acids is 2. The number of benzene rings is 1. The number of aryl methyl sites for hydroxylation is 1. The van der Waals surface area contributed by atoms with Gasteiger partial charge in [0.25, 0.3) is 0 Å². The van der Waals surface area contributed by atoms with E-state index < -0.39 is 0 Å². The molecule has 1 aromatic rings. The number of carbonyl (C=O) groups is 2. The van der Waals surface area contributed by atoms with Crippen molar-refractivity contribution in [2.45, 2.75) is 46.5 Å².